The largest absolute Gasteiger partial charge is 0.493 e. The van der Waals surface area contributed by atoms with E-state index >= 15 is 0 Å². The maximum absolute atomic E-state index is 11.4. The third-order valence-corrected chi connectivity index (χ3v) is 5.51. The highest BCUT2D eigenvalue weighted by Gasteiger charge is 2.21. The van der Waals surface area contributed by atoms with Crippen molar-refractivity contribution in [1.29, 1.82) is 5.26 Å². The molecule has 0 atom stereocenters. The number of nitro benzene ring substituents is 1. The van der Waals surface area contributed by atoms with E-state index in [1.54, 1.807) is 0 Å². The summed E-state index contributed by atoms with van der Waals surface area (Å²) in [6.45, 7) is 0. The molecular weight excluding hydrogens is 354 g/mol. The van der Waals surface area contributed by atoms with Crippen molar-refractivity contribution in [3.05, 3.63) is 43.8 Å². The van der Waals surface area contributed by atoms with Crippen molar-refractivity contribution >= 4 is 28.2 Å². The summed E-state index contributed by atoms with van der Waals surface area (Å²) in [5, 5.41) is 21.5. The highest BCUT2D eigenvalue weighted by molar-refractivity contribution is 7.16. The van der Waals surface area contributed by atoms with E-state index in [2.05, 4.69) is 11.1 Å². The van der Waals surface area contributed by atoms with Crippen LogP contribution >= 0.6 is 11.3 Å². The summed E-state index contributed by atoms with van der Waals surface area (Å²) >= 11 is 1.49. The Morgan fingerprint density at radius 3 is 2.62 bits per heavy atom. The summed E-state index contributed by atoms with van der Waals surface area (Å²) in [5.41, 5.74) is 1.83. The highest BCUT2D eigenvalue weighted by Crippen LogP contribution is 2.40. The molecule has 26 heavy (non-hydrogen) atoms. The third-order valence-electron chi connectivity index (χ3n) is 4.31. The van der Waals surface area contributed by atoms with Gasteiger partial charge < -0.3 is 9.47 Å². The number of benzene rings is 1. The lowest BCUT2D eigenvalue weighted by Crippen LogP contribution is -1.99. The summed E-state index contributed by atoms with van der Waals surface area (Å²) in [7, 11) is 2.89. The van der Waals surface area contributed by atoms with Gasteiger partial charge in [0, 0.05) is 11.1 Å². The van der Waals surface area contributed by atoms with Crippen molar-refractivity contribution in [1.82, 2.24) is 0 Å². The molecule has 1 aromatic heterocycles. The van der Waals surface area contributed by atoms with Gasteiger partial charge in [0.05, 0.1) is 36.3 Å². The molecule has 2 aromatic rings. The minimum absolute atomic E-state index is 0.133. The van der Waals surface area contributed by atoms with Crippen LogP contribution < -0.4 is 9.47 Å². The van der Waals surface area contributed by atoms with Crippen LogP contribution in [0.5, 0.6) is 11.5 Å². The normalized spacial score (nSPS) is 13.3. The molecule has 1 aliphatic rings. The molecule has 0 saturated carbocycles. The lowest BCUT2D eigenvalue weighted by Gasteiger charge is -2.09. The topological polar surface area (TPSA) is 97.8 Å². The molecule has 3 rings (SSSR count). The fraction of sp³-hybridized carbons (Fsp3) is 0.333. The van der Waals surface area contributed by atoms with E-state index in [-0.39, 0.29) is 11.4 Å². The van der Waals surface area contributed by atoms with E-state index in [0.717, 1.165) is 31.2 Å². The summed E-state index contributed by atoms with van der Waals surface area (Å²) in [4.78, 5) is 16.5. The lowest BCUT2D eigenvalue weighted by molar-refractivity contribution is -0.385. The molecule has 8 heteroatoms. The fourth-order valence-electron chi connectivity index (χ4n) is 3.03. The molecule has 0 N–H and O–H groups in total. The molecule has 0 fully saturated rings. The molecule has 0 amide bonds. The number of nitro groups is 1. The maximum Gasteiger partial charge on any atom is 0.282 e. The molecule has 134 valence electrons. The average molecular weight is 371 g/mol. The smallest absolute Gasteiger partial charge is 0.282 e. The number of hydrogen-bond acceptors (Lipinski definition) is 7. The van der Waals surface area contributed by atoms with Gasteiger partial charge in [-0.1, -0.05) is 0 Å². The van der Waals surface area contributed by atoms with E-state index in [1.807, 2.05) is 0 Å². The highest BCUT2D eigenvalue weighted by atomic mass is 32.1. The standard InChI is InChI=1S/C18H17N3O4S/c1-24-15-7-11(14(21(22)23)8-16(15)25-2)10-20-18-13(9-19)12-5-3-4-6-17(12)26-18/h7-8,10H,3-6H2,1-2H3. The van der Waals surface area contributed by atoms with Crippen LogP contribution in [0.1, 0.15) is 34.4 Å². The minimum Gasteiger partial charge on any atom is -0.493 e. The van der Waals surface area contributed by atoms with Crippen LogP contribution in [-0.4, -0.2) is 25.4 Å². The minimum atomic E-state index is -0.492. The van der Waals surface area contributed by atoms with Gasteiger partial charge in [0.25, 0.3) is 5.69 Å². The van der Waals surface area contributed by atoms with Crippen molar-refractivity contribution in [3.63, 3.8) is 0 Å². The number of aliphatic imine (C=N–C) groups is 1. The monoisotopic (exact) mass is 371 g/mol. The van der Waals surface area contributed by atoms with E-state index in [0.29, 0.717) is 21.9 Å². The molecule has 0 aliphatic heterocycles. The van der Waals surface area contributed by atoms with Crippen molar-refractivity contribution in [2.75, 3.05) is 14.2 Å². The zero-order valence-electron chi connectivity index (χ0n) is 14.4. The fourth-order valence-corrected chi connectivity index (χ4v) is 4.21. The Kier molecular flexibility index (Phi) is 5.19. The Morgan fingerprint density at radius 1 is 1.27 bits per heavy atom. The van der Waals surface area contributed by atoms with E-state index in [9.17, 15) is 15.4 Å². The number of nitriles is 1. The number of thiophene rings is 1. The van der Waals surface area contributed by atoms with Crippen molar-refractivity contribution < 1.29 is 14.4 Å². The second-order valence-electron chi connectivity index (χ2n) is 5.78. The molecule has 1 aromatic carbocycles. The Morgan fingerprint density at radius 2 is 1.96 bits per heavy atom. The van der Waals surface area contributed by atoms with Crippen LogP contribution in [0.25, 0.3) is 0 Å². The summed E-state index contributed by atoms with van der Waals surface area (Å²) in [6.07, 6.45) is 5.45. The van der Waals surface area contributed by atoms with Crippen LogP contribution in [0.3, 0.4) is 0 Å². The molecule has 1 aliphatic carbocycles. The number of fused-ring (bicyclic) bond motifs is 1. The predicted molar refractivity (Wildman–Crippen MR) is 99.1 cm³/mol. The molecule has 1 heterocycles. The van der Waals surface area contributed by atoms with Crippen LogP contribution in [-0.2, 0) is 12.8 Å². The Labute approximate surface area is 154 Å². The first-order chi connectivity index (χ1) is 12.6. The Balaban J connectivity index is 2.05. The van der Waals surface area contributed by atoms with Crippen molar-refractivity contribution in [2.45, 2.75) is 25.7 Å². The number of ether oxygens (including phenoxy) is 2. The van der Waals surface area contributed by atoms with Crippen molar-refractivity contribution in [3.8, 4) is 17.6 Å². The summed E-state index contributed by atoms with van der Waals surface area (Å²) in [6, 6.07) is 5.06. The van der Waals surface area contributed by atoms with Gasteiger partial charge in [-0.3, -0.25) is 10.1 Å². The molecular formula is C18H17N3O4S. The van der Waals surface area contributed by atoms with Crippen LogP contribution in [0.4, 0.5) is 10.7 Å². The van der Waals surface area contributed by atoms with Gasteiger partial charge in [-0.2, -0.15) is 5.26 Å². The third kappa shape index (κ3) is 3.26. The molecule has 0 saturated heterocycles. The Hall–Kier alpha value is -2.92. The van der Waals surface area contributed by atoms with Gasteiger partial charge in [-0.05, 0) is 37.3 Å². The zero-order valence-corrected chi connectivity index (χ0v) is 15.3. The average Bonchev–Trinajstić information content (AvgIpc) is 3.02. The summed E-state index contributed by atoms with van der Waals surface area (Å²) < 4.78 is 10.3. The van der Waals surface area contributed by atoms with Gasteiger partial charge in [-0.15, -0.1) is 11.3 Å². The predicted octanol–water partition coefficient (Wildman–Crippen LogP) is 4.17. The summed E-state index contributed by atoms with van der Waals surface area (Å²) in [5.74, 6) is 0.659. The number of methoxy groups -OCH3 is 2. The molecule has 0 radical (unpaired) electrons. The molecule has 0 unspecified atom stereocenters. The zero-order chi connectivity index (χ0) is 18.7. The second kappa shape index (κ2) is 7.54. The van der Waals surface area contributed by atoms with Gasteiger partial charge in [0.15, 0.2) is 11.5 Å². The number of rotatable bonds is 5. The first-order valence-electron chi connectivity index (χ1n) is 8.08. The molecule has 7 nitrogen and oxygen atoms in total. The lowest BCUT2D eigenvalue weighted by atomic mass is 9.96. The molecule has 0 spiro atoms. The molecule has 0 bridgehead atoms. The quantitative estimate of drug-likeness (QED) is 0.446. The number of aryl methyl sites for hydroxylation is 1. The van der Waals surface area contributed by atoms with Gasteiger partial charge in [0.2, 0.25) is 0 Å². The first-order valence-corrected chi connectivity index (χ1v) is 8.89. The van der Waals surface area contributed by atoms with Crippen LogP contribution in [0, 0.1) is 21.4 Å². The van der Waals surface area contributed by atoms with Gasteiger partial charge >= 0.3 is 0 Å². The van der Waals surface area contributed by atoms with E-state index < -0.39 is 4.92 Å². The van der Waals surface area contributed by atoms with Crippen LogP contribution in [0.15, 0.2) is 17.1 Å². The van der Waals surface area contributed by atoms with Gasteiger partial charge in [-0.25, -0.2) is 4.99 Å². The number of hydrogen-bond donors (Lipinski definition) is 0. The Bertz CT molecular complexity index is 927. The van der Waals surface area contributed by atoms with E-state index in [4.69, 9.17) is 9.47 Å². The SMILES string of the molecule is COc1cc(C=Nc2sc3c(c2C#N)CCCC3)c([N+](=O)[O-])cc1OC. The van der Waals surface area contributed by atoms with Crippen LogP contribution in [0.2, 0.25) is 0 Å². The van der Waals surface area contributed by atoms with Gasteiger partial charge in [0.1, 0.15) is 11.1 Å². The first kappa shape index (κ1) is 17.9. The van der Waals surface area contributed by atoms with E-state index in [1.165, 1.54) is 48.8 Å². The van der Waals surface area contributed by atoms with Crippen molar-refractivity contribution in [2.24, 2.45) is 4.99 Å². The number of nitrogens with zero attached hydrogens (tertiary/aromatic N) is 3. The second-order valence-corrected chi connectivity index (χ2v) is 6.87. The maximum atomic E-state index is 11.4.